The van der Waals surface area contributed by atoms with E-state index in [9.17, 15) is 0 Å². The van der Waals surface area contributed by atoms with E-state index in [1.165, 1.54) is 12.8 Å². The molecule has 1 fully saturated rings. The molecule has 0 aromatic carbocycles. The van der Waals surface area contributed by atoms with Crippen LogP contribution < -0.4 is 12.4 Å². The van der Waals surface area contributed by atoms with Gasteiger partial charge in [0.15, 0.2) is 0 Å². The third-order valence-corrected chi connectivity index (χ3v) is 19.2. The van der Waals surface area contributed by atoms with Crippen LogP contribution in [0.4, 0.5) is 0 Å². The van der Waals surface area contributed by atoms with E-state index in [2.05, 4.69) is 105 Å². The molecule has 33 heavy (non-hydrogen) atoms. The number of rotatable bonds is 4. The fourth-order valence-corrected chi connectivity index (χ4v) is 22.6. The molecule has 1 saturated heterocycles. The van der Waals surface area contributed by atoms with Gasteiger partial charge in [0, 0.05) is 47.0 Å². The van der Waals surface area contributed by atoms with Gasteiger partial charge >= 0.3 is 23.1 Å². The molecule has 0 saturated carbocycles. The van der Waals surface area contributed by atoms with Crippen LogP contribution in [0.15, 0.2) is 0 Å². The van der Waals surface area contributed by atoms with Crippen molar-refractivity contribution >= 4 is 84.1 Å². The van der Waals surface area contributed by atoms with Crippen molar-refractivity contribution in [2.45, 2.75) is 130 Å². The largest absolute Gasteiger partial charge is 2.00 e. The van der Waals surface area contributed by atoms with Gasteiger partial charge in [-0.2, -0.15) is 11.1 Å². The maximum Gasteiger partial charge on any atom is 2.00 e. The van der Waals surface area contributed by atoms with E-state index >= 15 is 0 Å². The third-order valence-electron chi connectivity index (χ3n) is 2.87. The zero-order valence-electron chi connectivity index (χ0n) is 25.1. The van der Waals surface area contributed by atoms with Gasteiger partial charge in [-0.05, 0) is 12.8 Å². The first kappa shape index (κ1) is 52.1. The molecule has 1 aliphatic rings. The van der Waals surface area contributed by atoms with E-state index in [0.717, 1.165) is 13.2 Å². The van der Waals surface area contributed by atoms with Crippen LogP contribution in [0.5, 0.6) is 0 Å². The van der Waals surface area contributed by atoms with Gasteiger partial charge in [-0.1, -0.05) is 117 Å². The van der Waals surface area contributed by atoms with Crippen LogP contribution in [0.1, 0.15) is 20.3 Å². The van der Waals surface area contributed by atoms with Crippen molar-refractivity contribution in [1.82, 2.24) is 0 Å². The fraction of sp³-hybridized carbons (Fsp3) is 0.957. The molecule has 0 aromatic rings. The van der Waals surface area contributed by atoms with Crippen LogP contribution in [-0.2, 0) is 4.74 Å². The molecular weight excluding hydrogens is 556 g/mol. The molecule has 0 aliphatic carbocycles. The molecule has 0 aromatic heterocycles. The quantitative estimate of drug-likeness (QED) is 0.224. The molecule has 204 valence electrons. The molecule has 1 rings (SSSR count). The summed E-state index contributed by atoms with van der Waals surface area (Å²) in [6.07, 6.45) is 2.56. The van der Waals surface area contributed by atoms with E-state index in [0.29, 0.717) is 0 Å². The maximum absolute atomic E-state index is 5.41. The Morgan fingerprint density at radius 1 is 0.697 bits per heavy atom. The summed E-state index contributed by atoms with van der Waals surface area (Å²) in [5.41, 5.74) is 3.21. The van der Waals surface area contributed by atoms with Crippen molar-refractivity contribution < 1.29 is 17.1 Å². The topological polar surface area (TPSA) is 9.23 Å². The summed E-state index contributed by atoms with van der Waals surface area (Å²) in [6.45, 7) is 41.2. The normalized spacial score (nSPS) is 12.7. The molecule has 0 atom stereocenters. The van der Waals surface area contributed by atoms with Gasteiger partial charge in [0.1, 0.15) is 8.11 Å². The Kier molecular flexibility index (Phi) is 46.1. The molecule has 0 radical (unpaired) electrons. The molecule has 0 bridgehead atoms. The van der Waals surface area contributed by atoms with Gasteiger partial charge < -0.3 is 23.7 Å². The second kappa shape index (κ2) is 29.2. The molecule has 0 amide bonds. The Hall–Kier alpha value is 2.61. The minimum Gasteiger partial charge on any atom is -1.00 e. The van der Waals surface area contributed by atoms with Crippen LogP contribution in [0.25, 0.3) is 0 Å². The maximum atomic E-state index is 5.41. The predicted octanol–water partition coefficient (Wildman–Crippen LogP) is 5.66. The van der Waals surface area contributed by atoms with Crippen molar-refractivity contribution in [3.63, 3.8) is 0 Å². The number of ether oxygens (including phenoxy) is 1. The fourth-order valence-electron chi connectivity index (χ4n) is 2.96. The second-order valence-corrected chi connectivity index (χ2v) is 42.1. The van der Waals surface area contributed by atoms with Crippen LogP contribution >= 0.6 is 11.1 Å². The van der Waals surface area contributed by atoms with E-state index < -0.39 is 32.3 Å². The van der Waals surface area contributed by atoms with E-state index in [1.54, 1.807) is 11.3 Å². The minimum atomic E-state index is -0.861. The van der Waals surface area contributed by atoms with Crippen LogP contribution in [-0.4, -0.2) is 86.2 Å². The second-order valence-electron chi connectivity index (χ2n) is 13.2. The average Bonchev–Trinajstić information content (AvgIpc) is 2.87. The summed E-state index contributed by atoms with van der Waals surface area (Å²) in [4.78, 5) is 0. The first-order chi connectivity index (χ1) is 13.1. The zero-order chi connectivity index (χ0) is 25.2. The van der Waals surface area contributed by atoms with Gasteiger partial charge in [0.25, 0.3) is 0 Å². The van der Waals surface area contributed by atoms with Gasteiger partial charge in [-0.25, -0.2) is 0 Å². The molecule has 1 nitrogen and oxygen atoms in total. The first-order valence-corrected chi connectivity index (χ1v) is 33.6. The predicted molar refractivity (Wildman–Crippen MR) is 180 cm³/mol. The van der Waals surface area contributed by atoms with Crippen LogP contribution in [0.2, 0.25) is 110 Å². The summed E-state index contributed by atoms with van der Waals surface area (Å²) in [5.74, 6) is 0. The van der Waals surface area contributed by atoms with E-state index in [1.807, 2.05) is 0 Å². The van der Waals surface area contributed by atoms with Crippen LogP contribution in [0, 0.1) is 6.55 Å². The Morgan fingerprint density at radius 3 is 0.909 bits per heavy atom. The Labute approximate surface area is 248 Å². The summed E-state index contributed by atoms with van der Waals surface area (Å²) in [5, 5.41) is 0. The molecule has 0 spiro atoms. The van der Waals surface area contributed by atoms with E-state index in [4.69, 9.17) is 15.8 Å². The van der Waals surface area contributed by atoms with Gasteiger partial charge in [0.2, 0.25) is 0 Å². The monoisotopic (exact) mass is 620 g/mol. The molecule has 1 aliphatic heterocycles. The first-order valence-electron chi connectivity index (χ1n) is 12.1. The SMILES string of the molecule is C.C1CCOC1.C[SiH](C)C[Si](C)(C)C.C[SiH](C)C[Si](C)(C)C.C[SiH](C)Cl.[CH2-][Si](C)(C)C.[Cl-].[Mg+2]. The molecular formula is C23H66Cl2MgOSi6. The smallest absolute Gasteiger partial charge is 1.00 e. The van der Waals surface area contributed by atoms with Crippen molar-refractivity contribution in [3.05, 3.63) is 6.55 Å². The van der Waals surface area contributed by atoms with Crippen molar-refractivity contribution in [1.29, 1.82) is 0 Å². The number of halogens is 2. The summed E-state index contributed by atoms with van der Waals surface area (Å²) >= 11 is 5.41. The van der Waals surface area contributed by atoms with Crippen LogP contribution in [0.3, 0.4) is 0 Å². The Balaban J connectivity index is -0.0000000512. The summed E-state index contributed by atoms with van der Waals surface area (Å²) < 4.78 is 4.94. The third kappa shape index (κ3) is 119. The van der Waals surface area contributed by atoms with Crippen molar-refractivity contribution in [3.8, 4) is 0 Å². The van der Waals surface area contributed by atoms with Gasteiger partial charge in [-0.3, -0.25) is 0 Å². The number of hydrogen-bond donors (Lipinski definition) is 0. The van der Waals surface area contributed by atoms with Gasteiger partial charge in [0.05, 0.1) is 0 Å². The summed E-state index contributed by atoms with van der Waals surface area (Å²) in [6, 6.07) is 0. The van der Waals surface area contributed by atoms with Crippen molar-refractivity contribution in [2.75, 3.05) is 13.2 Å². The average molecular weight is 623 g/mol. The molecule has 1 heterocycles. The zero-order valence-corrected chi connectivity index (χ0v) is 34.4. The van der Waals surface area contributed by atoms with Crippen molar-refractivity contribution in [2.24, 2.45) is 0 Å². The molecule has 0 N–H and O–H groups in total. The Morgan fingerprint density at radius 2 is 0.879 bits per heavy atom. The molecule has 10 heteroatoms. The number of hydrogen-bond acceptors (Lipinski definition) is 1. The van der Waals surface area contributed by atoms with Gasteiger partial charge in [-0.15, -0.1) is 8.07 Å². The standard InChI is InChI=1S/2C6H18Si2.C4H8O.C4H11Si.C2H7ClSi.CH4.ClH.Mg/c2*1-7(2)6-8(3,4)5;1-2-4-5-3-1;1-5(2,3)4;1-4(2)3;;;/h2*7H,6H2,1-5H3;1-4H2;1H2,2-4H3;4H,1-2H3;1H4;1H;/q;;;-1;;;;+2/p-1. The Bertz CT molecular complexity index is 316. The minimum absolute atomic E-state index is 0. The summed E-state index contributed by atoms with van der Waals surface area (Å²) in [7, 11) is -3.31. The van der Waals surface area contributed by atoms with E-state index in [-0.39, 0.29) is 60.5 Å². The molecule has 0 unspecified atom stereocenters.